The lowest BCUT2D eigenvalue weighted by atomic mass is 9.99. The van der Waals surface area contributed by atoms with Crippen LogP contribution in [0.25, 0.3) is 0 Å². The van der Waals surface area contributed by atoms with Gasteiger partial charge in [-0.2, -0.15) is 0 Å². The van der Waals surface area contributed by atoms with Crippen LogP contribution in [0, 0.1) is 11.7 Å². The van der Waals surface area contributed by atoms with Gasteiger partial charge in [-0.15, -0.1) is 0 Å². The minimum atomic E-state index is -0.311. The van der Waals surface area contributed by atoms with Gasteiger partial charge < -0.3 is 5.32 Å². The number of hydrogen-bond donors (Lipinski definition) is 1. The number of rotatable bonds is 2. The predicted octanol–water partition coefficient (Wildman–Crippen LogP) is 4.50. The number of carbonyl (C=O) groups is 1. The maximum atomic E-state index is 13.0. The van der Waals surface area contributed by atoms with Crippen molar-refractivity contribution < 1.29 is 9.18 Å². The molecule has 0 aromatic heterocycles. The summed E-state index contributed by atoms with van der Waals surface area (Å²) in [4.78, 5) is 12.1. The lowest BCUT2D eigenvalue weighted by molar-refractivity contribution is -0.120. The molecule has 2 rings (SSSR count). The molecule has 0 saturated heterocycles. The third-order valence-electron chi connectivity index (χ3n) is 3.41. The van der Waals surface area contributed by atoms with Crippen LogP contribution >= 0.6 is 15.9 Å². The molecule has 1 saturated carbocycles. The second-order valence-electron chi connectivity index (χ2n) is 4.80. The topological polar surface area (TPSA) is 29.1 Å². The lowest BCUT2D eigenvalue weighted by Gasteiger charge is -2.15. The fourth-order valence-corrected chi connectivity index (χ4v) is 2.82. The van der Waals surface area contributed by atoms with E-state index in [0.717, 1.165) is 25.7 Å². The first-order valence-corrected chi connectivity index (χ1v) is 7.22. The SMILES string of the molecule is O=C(Nc1ccc(F)cc1Br)C1CCCCCC1. The highest BCUT2D eigenvalue weighted by molar-refractivity contribution is 9.10. The van der Waals surface area contributed by atoms with Gasteiger partial charge in [0.15, 0.2) is 0 Å². The van der Waals surface area contributed by atoms with Gasteiger partial charge in [-0.05, 0) is 47.0 Å². The van der Waals surface area contributed by atoms with E-state index in [2.05, 4.69) is 21.2 Å². The number of hydrogen-bond acceptors (Lipinski definition) is 1. The Kier molecular flexibility index (Phi) is 4.75. The second-order valence-corrected chi connectivity index (χ2v) is 5.66. The van der Waals surface area contributed by atoms with Crippen molar-refractivity contribution in [2.24, 2.45) is 5.92 Å². The van der Waals surface area contributed by atoms with Crippen molar-refractivity contribution in [3.63, 3.8) is 0 Å². The van der Waals surface area contributed by atoms with Crippen molar-refractivity contribution in [2.45, 2.75) is 38.5 Å². The van der Waals surface area contributed by atoms with Crippen molar-refractivity contribution in [3.8, 4) is 0 Å². The number of anilines is 1. The first-order valence-electron chi connectivity index (χ1n) is 6.43. The zero-order valence-electron chi connectivity index (χ0n) is 10.2. The van der Waals surface area contributed by atoms with Gasteiger partial charge in [0.1, 0.15) is 5.82 Å². The molecule has 18 heavy (non-hydrogen) atoms. The van der Waals surface area contributed by atoms with Crippen LogP contribution in [-0.2, 0) is 4.79 Å². The summed E-state index contributed by atoms with van der Waals surface area (Å²) in [6, 6.07) is 4.31. The van der Waals surface area contributed by atoms with Crippen molar-refractivity contribution in [1.29, 1.82) is 0 Å². The summed E-state index contributed by atoms with van der Waals surface area (Å²) in [5.74, 6) is -0.150. The molecular weight excluding hydrogens is 297 g/mol. The Morgan fingerprint density at radius 1 is 1.22 bits per heavy atom. The molecule has 0 unspecified atom stereocenters. The van der Waals surface area contributed by atoms with Crippen LogP contribution in [0.1, 0.15) is 38.5 Å². The zero-order valence-corrected chi connectivity index (χ0v) is 11.8. The first-order chi connectivity index (χ1) is 8.66. The first kappa shape index (κ1) is 13.5. The number of benzene rings is 1. The Hall–Kier alpha value is -0.900. The maximum Gasteiger partial charge on any atom is 0.227 e. The number of carbonyl (C=O) groups excluding carboxylic acids is 1. The Bertz CT molecular complexity index is 428. The zero-order chi connectivity index (χ0) is 13.0. The van der Waals surface area contributed by atoms with E-state index in [1.807, 2.05) is 0 Å². The third kappa shape index (κ3) is 3.55. The highest BCUT2D eigenvalue weighted by Gasteiger charge is 2.20. The molecule has 1 N–H and O–H groups in total. The van der Waals surface area contributed by atoms with Gasteiger partial charge >= 0.3 is 0 Å². The molecule has 4 heteroatoms. The Balaban J connectivity index is 2.01. The largest absolute Gasteiger partial charge is 0.325 e. The summed E-state index contributed by atoms with van der Waals surface area (Å²) in [7, 11) is 0. The molecule has 1 fully saturated rings. The Morgan fingerprint density at radius 2 is 1.89 bits per heavy atom. The average Bonchev–Trinajstić information content (AvgIpc) is 2.61. The molecule has 0 aliphatic heterocycles. The summed E-state index contributed by atoms with van der Waals surface area (Å²) >= 11 is 3.26. The van der Waals surface area contributed by atoms with E-state index in [-0.39, 0.29) is 17.6 Å². The molecule has 0 spiro atoms. The van der Waals surface area contributed by atoms with Gasteiger partial charge in [-0.1, -0.05) is 25.7 Å². The van der Waals surface area contributed by atoms with E-state index in [4.69, 9.17) is 0 Å². The predicted molar refractivity (Wildman–Crippen MR) is 73.9 cm³/mol. The van der Waals surface area contributed by atoms with Gasteiger partial charge in [-0.25, -0.2) is 4.39 Å². The fraction of sp³-hybridized carbons (Fsp3) is 0.500. The molecule has 1 amide bonds. The summed E-state index contributed by atoms with van der Waals surface area (Å²) in [5, 5.41) is 2.88. The second kappa shape index (κ2) is 6.32. The van der Waals surface area contributed by atoms with E-state index < -0.39 is 0 Å². The maximum absolute atomic E-state index is 13.0. The van der Waals surface area contributed by atoms with Gasteiger partial charge in [-0.3, -0.25) is 4.79 Å². The van der Waals surface area contributed by atoms with E-state index in [0.29, 0.717) is 10.2 Å². The van der Waals surface area contributed by atoms with Crippen molar-refractivity contribution >= 4 is 27.5 Å². The summed E-state index contributed by atoms with van der Waals surface area (Å²) in [6.07, 6.45) is 6.63. The summed E-state index contributed by atoms with van der Waals surface area (Å²) in [6.45, 7) is 0. The number of amides is 1. The van der Waals surface area contributed by atoms with E-state index in [1.54, 1.807) is 6.07 Å². The van der Waals surface area contributed by atoms with Gasteiger partial charge in [0.05, 0.1) is 5.69 Å². The van der Waals surface area contributed by atoms with Crippen molar-refractivity contribution in [2.75, 3.05) is 5.32 Å². The molecule has 2 nitrogen and oxygen atoms in total. The quantitative estimate of drug-likeness (QED) is 0.800. The van der Waals surface area contributed by atoms with Crippen LogP contribution in [-0.4, -0.2) is 5.91 Å². The van der Waals surface area contributed by atoms with Crippen LogP contribution in [0.2, 0.25) is 0 Å². The molecule has 0 atom stereocenters. The van der Waals surface area contributed by atoms with Gasteiger partial charge in [0.2, 0.25) is 5.91 Å². The molecule has 0 bridgehead atoms. The Morgan fingerprint density at radius 3 is 2.50 bits per heavy atom. The lowest BCUT2D eigenvalue weighted by Crippen LogP contribution is -2.22. The van der Waals surface area contributed by atoms with Crippen LogP contribution in [0.5, 0.6) is 0 Å². The molecule has 98 valence electrons. The van der Waals surface area contributed by atoms with Crippen LogP contribution in [0.3, 0.4) is 0 Å². The fourth-order valence-electron chi connectivity index (χ4n) is 2.37. The van der Waals surface area contributed by atoms with Crippen molar-refractivity contribution in [1.82, 2.24) is 0 Å². The normalized spacial score (nSPS) is 17.2. The molecule has 1 aliphatic carbocycles. The monoisotopic (exact) mass is 313 g/mol. The minimum Gasteiger partial charge on any atom is -0.325 e. The molecule has 1 aromatic carbocycles. The minimum absolute atomic E-state index is 0.0595. The molecular formula is C14H17BrFNO. The number of halogens is 2. The average molecular weight is 314 g/mol. The smallest absolute Gasteiger partial charge is 0.227 e. The summed E-state index contributed by atoms with van der Waals surface area (Å²) < 4.78 is 13.5. The third-order valence-corrected chi connectivity index (χ3v) is 4.07. The highest BCUT2D eigenvalue weighted by Crippen LogP contribution is 2.27. The molecule has 0 radical (unpaired) electrons. The molecule has 1 aliphatic rings. The highest BCUT2D eigenvalue weighted by atomic mass is 79.9. The number of nitrogens with one attached hydrogen (secondary N) is 1. The van der Waals surface area contributed by atoms with Crippen LogP contribution in [0.4, 0.5) is 10.1 Å². The molecule has 1 aromatic rings. The van der Waals surface area contributed by atoms with E-state index in [9.17, 15) is 9.18 Å². The van der Waals surface area contributed by atoms with Gasteiger partial charge in [0, 0.05) is 10.4 Å². The van der Waals surface area contributed by atoms with Crippen molar-refractivity contribution in [3.05, 3.63) is 28.5 Å². The summed E-state index contributed by atoms with van der Waals surface area (Å²) in [5.41, 5.74) is 0.644. The van der Waals surface area contributed by atoms with Crippen LogP contribution in [0.15, 0.2) is 22.7 Å². The Labute approximate surface area is 115 Å². The molecule has 0 heterocycles. The standard InChI is InChI=1S/C14H17BrFNO/c15-12-9-11(16)7-8-13(12)17-14(18)10-5-3-1-2-4-6-10/h7-10H,1-6H2,(H,17,18). The van der Waals surface area contributed by atoms with E-state index in [1.165, 1.54) is 25.0 Å². The van der Waals surface area contributed by atoms with Gasteiger partial charge in [0.25, 0.3) is 0 Å². The van der Waals surface area contributed by atoms with E-state index >= 15 is 0 Å². The van der Waals surface area contributed by atoms with Crippen LogP contribution < -0.4 is 5.32 Å².